The molecule has 118 valence electrons. The van der Waals surface area contributed by atoms with Gasteiger partial charge < -0.3 is 10.1 Å². The molecule has 2 rings (SSSR count). The summed E-state index contributed by atoms with van der Waals surface area (Å²) < 4.78 is 7.05. The van der Waals surface area contributed by atoms with Crippen molar-refractivity contribution >= 4 is 15.9 Å². The van der Waals surface area contributed by atoms with Crippen molar-refractivity contribution in [2.24, 2.45) is 0 Å². The van der Waals surface area contributed by atoms with Gasteiger partial charge in [0, 0.05) is 41.9 Å². The van der Waals surface area contributed by atoms with E-state index in [2.05, 4.69) is 57.1 Å². The van der Waals surface area contributed by atoms with Gasteiger partial charge in [-0.15, -0.1) is 0 Å². The molecule has 1 fully saturated rings. The van der Waals surface area contributed by atoms with Gasteiger partial charge in [-0.25, -0.2) is 0 Å². The second-order valence-corrected chi connectivity index (χ2v) is 6.45. The fourth-order valence-corrected chi connectivity index (χ4v) is 2.91. The van der Waals surface area contributed by atoms with Crippen molar-refractivity contribution in [3.63, 3.8) is 0 Å². The summed E-state index contributed by atoms with van der Waals surface area (Å²) in [7, 11) is 0. The van der Waals surface area contributed by atoms with Crippen molar-refractivity contribution in [2.45, 2.75) is 38.8 Å². The highest BCUT2D eigenvalue weighted by Crippen LogP contribution is 2.14. The van der Waals surface area contributed by atoms with Crippen LogP contribution < -0.4 is 5.32 Å². The van der Waals surface area contributed by atoms with Crippen LogP contribution in [0, 0.1) is 0 Å². The zero-order chi connectivity index (χ0) is 15.1. The molecule has 0 bridgehead atoms. The van der Waals surface area contributed by atoms with Gasteiger partial charge in [0.25, 0.3) is 0 Å². The summed E-state index contributed by atoms with van der Waals surface area (Å²) in [5.41, 5.74) is 1.11. The third-order valence-electron chi connectivity index (χ3n) is 3.95. The van der Waals surface area contributed by atoms with Crippen LogP contribution >= 0.6 is 15.9 Å². The highest BCUT2D eigenvalue weighted by atomic mass is 79.9. The normalized spacial score (nSPS) is 21.4. The van der Waals surface area contributed by atoms with Gasteiger partial charge >= 0.3 is 0 Å². The number of likely N-dealkylation sites (N-methyl/N-ethyl adjacent to an activating group) is 1. The Morgan fingerprint density at radius 2 is 2.33 bits per heavy atom. The third kappa shape index (κ3) is 5.33. The lowest BCUT2D eigenvalue weighted by molar-refractivity contribution is -0.0448. The van der Waals surface area contributed by atoms with Crippen molar-refractivity contribution < 1.29 is 4.74 Å². The van der Waals surface area contributed by atoms with Crippen molar-refractivity contribution in [1.82, 2.24) is 15.2 Å². The van der Waals surface area contributed by atoms with E-state index in [-0.39, 0.29) is 6.10 Å². The lowest BCUT2D eigenvalue weighted by Gasteiger charge is -2.37. The van der Waals surface area contributed by atoms with E-state index in [1.807, 2.05) is 6.20 Å². The zero-order valence-corrected chi connectivity index (χ0v) is 14.6. The highest BCUT2D eigenvalue weighted by molar-refractivity contribution is 9.10. The Hall–Kier alpha value is -0.490. The first-order chi connectivity index (χ1) is 10.2. The van der Waals surface area contributed by atoms with Crippen LogP contribution in [-0.2, 0) is 11.2 Å². The molecule has 2 unspecified atom stereocenters. The van der Waals surface area contributed by atoms with Crippen LogP contribution in [-0.4, -0.2) is 54.8 Å². The molecule has 0 saturated carbocycles. The molecule has 0 aliphatic carbocycles. The maximum atomic E-state index is 6.02. The maximum Gasteiger partial charge on any atom is 0.0859 e. The van der Waals surface area contributed by atoms with Gasteiger partial charge in [-0.1, -0.05) is 13.8 Å². The van der Waals surface area contributed by atoms with E-state index in [4.69, 9.17) is 4.74 Å². The Bertz CT molecular complexity index is 412. The van der Waals surface area contributed by atoms with E-state index >= 15 is 0 Å². The summed E-state index contributed by atoms with van der Waals surface area (Å²) in [6.07, 6.45) is 4.16. The minimum atomic E-state index is 0.246. The highest BCUT2D eigenvalue weighted by Gasteiger charge is 2.27. The number of rotatable bonds is 7. The summed E-state index contributed by atoms with van der Waals surface area (Å²) in [5.74, 6) is 0. The lowest BCUT2D eigenvalue weighted by Crippen LogP contribution is -2.53. The predicted octanol–water partition coefficient (Wildman–Crippen LogP) is 2.48. The molecule has 5 heteroatoms. The third-order valence-corrected chi connectivity index (χ3v) is 4.42. The first-order valence-electron chi connectivity index (χ1n) is 7.90. The van der Waals surface area contributed by atoms with Gasteiger partial charge in [0.15, 0.2) is 0 Å². The van der Waals surface area contributed by atoms with Crippen molar-refractivity contribution in [2.75, 3.05) is 32.8 Å². The molecule has 0 aromatic carbocycles. The van der Waals surface area contributed by atoms with Crippen molar-refractivity contribution in [1.29, 1.82) is 0 Å². The number of nitrogens with one attached hydrogen (secondary N) is 1. The molecule has 2 heterocycles. The molecule has 21 heavy (non-hydrogen) atoms. The lowest BCUT2D eigenvalue weighted by atomic mass is 10.0. The SMILES string of the molecule is CCCNC(Cc1ccc(Br)cn1)C1CN(CC)CCO1. The summed E-state index contributed by atoms with van der Waals surface area (Å²) in [4.78, 5) is 6.97. The molecule has 1 aliphatic heterocycles. The molecule has 2 atom stereocenters. The molecular weight excluding hydrogens is 330 g/mol. The Morgan fingerprint density at radius 1 is 1.48 bits per heavy atom. The Kier molecular flexibility index (Phi) is 7.10. The molecular formula is C16H26BrN3O. The van der Waals surface area contributed by atoms with Crippen LogP contribution in [0.1, 0.15) is 26.0 Å². The summed E-state index contributed by atoms with van der Waals surface area (Å²) in [6.45, 7) is 9.41. The zero-order valence-electron chi connectivity index (χ0n) is 13.0. The van der Waals surface area contributed by atoms with Gasteiger partial charge in [-0.2, -0.15) is 0 Å². The summed E-state index contributed by atoms with van der Waals surface area (Å²) in [5, 5.41) is 3.64. The van der Waals surface area contributed by atoms with Gasteiger partial charge in [0.05, 0.1) is 12.7 Å². The van der Waals surface area contributed by atoms with Crippen molar-refractivity contribution in [3.8, 4) is 0 Å². The van der Waals surface area contributed by atoms with E-state index in [9.17, 15) is 0 Å². The van der Waals surface area contributed by atoms with Crippen LogP contribution in [0.25, 0.3) is 0 Å². The second-order valence-electron chi connectivity index (χ2n) is 5.53. The molecule has 0 radical (unpaired) electrons. The number of morpholine rings is 1. The maximum absolute atomic E-state index is 6.02. The second kappa shape index (κ2) is 8.83. The topological polar surface area (TPSA) is 37.4 Å². The molecule has 1 aliphatic rings. The summed E-state index contributed by atoms with van der Waals surface area (Å²) >= 11 is 3.44. The number of halogens is 1. The molecule has 4 nitrogen and oxygen atoms in total. The number of hydrogen-bond donors (Lipinski definition) is 1. The van der Waals surface area contributed by atoms with E-state index in [1.165, 1.54) is 0 Å². The molecule has 1 N–H and O–H groups in total. The van der Waals surface area contributed by atoms with Crippen LogP contribution in [0.2, 0.25) is 0 Å². The van der Waals surface area contributed by atoms with Gasteiger partial charge in [-0.3, -0.25) is 9.88 Å². The molecule has 1 aromatic rings. The van der Waals surface area contributed by atoms with E-state index in [1.54, 1.807) is 0 Å². The smallest absolute Gasteiger partial charge is 0.0859 e. The molecule has 0 spiro atoms. The van der Waals surface area contributed by atoms with Crippen molar-refractivity contribution in [3.05, 3.63) is 28.5 Å². The van der Waals surface area contributed by atoms with Gasteiger partial charge in [0.2, 0.25) is 0 Å². The van der Waals surface area contributed by atoms with Crippen LogP contribution in [0.15, 0.2) is 22.8 Å². The standard InChI is InChI=1S/C16H26BrN3O/c1-3-7-18-15(10-14-6-5-13(17)11-19-14)16-12-20(4-2)8-9-21-16/h5-6,11,15-16,18H,3-4,7-10,12H2,1-2H3. The van der Waals surface area contributed by atoms with E-state index in [0.29, 0.717) is 6.04 Å². The van der Waals surface area contributed by atoms with Crippen LogP contribution in [0.5, 0.6) is 0 Å². The monoisotopic (exact) mass is 355 g/mol. The Balaban J connectivity index is 2.00. The number of pyridine rings is 1. The fraction of sp³-hybridized carbons (Fsp3) is 0.688. The van der Waals surface area contributed by atoms with E-state index in [0.717, 1.165) is 55.8 Å². The number of ether oxygens (including phenoxy) is 1. The first kappa shape index (κ1) is 16.9. The molecule has 1 saturated heterocycles. The Labute approximate surface area is 136 Å². The predicted molar refractivity (Wildman–Crippen MR) is 89.6 cm³/mol. The quantitative estimate of drug-likeness (QED) is 0.815. The van der Waals surface area contributed by atoms with E-state index < -0.39 is 0 Å². The summed E-state index contributed by atoms with van der Waals surface area (Å²) in [6, 6.07) is 4.47. The fourth-order valence-electron chi connectivity index (χ4n) is 2.68. The first-order valence-corrected chi connectivity index (χ1v) is 8.70. The van der Waals surface area contributed by atoms with Crippen LogP contribution in [0.4, 0.5) is 0 Å². The largest absolute Gasteiger partial charge is 0.374 e. The van der Waals surface area contributed by atoms with Gasteiger partial charge in [-0.05, 0) is 47.6 Å². The average molecular weight is 356 g/mol. The number of hydrogen-bond acceptors (Lipinski definition) is 4. The minimum absolute atomic E-state index is 0.246. The number of nitrogens with zero attached hydrogens (tertiary/aromatic N) is 2. The molecule has 0 amide bonds. The average Bonchev–Trinajstić information content (AvgIpc) is 2.53. The molecule has 1 aromatic heterocycles. The Morgan fingerprint density at radius 3 is 3.00 bits per heavy atom. The number of aromatic nitrogens is 1. The van der Waals surface area contributed by atoms with Gasteiger partial charge in [0.1, 0.15) is 0 Å². The minimum Gasteiger partial charge on any atom is -0.374 e. The van der Waals surface area contributed by atoms with Crippen LogP contribution in [0.3, 0.4) is 0 Å².